The molecule has 0 saturated heterocycles. The number of anilines is 1. The largest absolute Gasteiger partial charge is 0.481 e. The van der Waals surface area contributed by atoms with Gasteiger partial charge in [0.2, 0.25) is 27.7 Å². The Morgan fingerprint density at radius 3 is 2.38 bits per heavy atom. The molecule has 1 aliphatic carbocycles. The van der Waals surface area contributed by atoms with E-state index in [0.717, 1.165) is 50.8 Å². The van der Waals surface area contributed by atoms with Crippen LogP contribution in [0.1, 0.15) is 70.8 Å². The molecule has 3 aromatic rings. The van der Waals surface area contributed by atoms with Crippen molar-refractivity contribution in [2.24, 2.45) is 5.92 Å². The Labute approximate surface area is 270 Å². The predicted octanol–water partition coefficient (Wildman–Crippen LogP) is 4.86. The van der Waals surface area contributed by atoms with Crippen molar-refractivity contribution in [1.29, 1.82) is 0 Å². The zero-order chi connectivity index (χ0) is 32.4. The van der Waals surface area contributed by atoms with Crippen LogP contribution in [0.4, 0.5) is 5.13 Å². The van der Waals surface area contributed by atoms with Gasteiger partial charge in [-0.05, 0) is 55.6 Å². The fourth-order valence-electron chi connectivity index (χ4n) is 5.78. The zero-order valence-corrected chi connectivity index (χ0v) is 28.4. The molecule has 1 unspecified atom stereocenters. The highest BCUT2D eigenvalue weighted by atomic mass is 32.2. The van der Waals surface area contributed by atoms with E-state index >= 15 is 0 Å². The second-order valence-corrected chi connectivity index (χ2v) is 14.2. The minimum absolute atomic E-state index is 0.00230. The van der Waals surface area contributed by atoms with Crippen LogP contribution in [-0.4, -0.2) is 86.4 Å². The molecule has 1 saturated carbocycles. The van der Waals surface area contributed by atoms with Crippen molar-refractivity contribution in [1.82, 2.24) is 24.5 Å². The summed E-state index contributed by atoms with van der Waals surface area (Å²) in [7, 11) is -2.26. The van der Waals surface area contributed by atoms with Crippen LogP contribution in [0.2, 0.25) is 0 Å². The van der Waals surface area contributed by atoms with Crippen LogP contribution in [0.25, 0.3) is 10.3 Å². The molecule has 45 heavy (non-hydrogen) atoms. The SMILES string of the molecule is CCCN(CCNS(=O)(=O)c1ccc(C(CC2CCCC2)C(=O)Nc2nc3ccc(OC)nc3s2)cc1)C(=O)CN(CC)CC. The number of pyridine rings is 1. The first kappa shape index (κ1) is 34.7. The highest BCUT2D eigenvalue weighted by Crippen LogP contribution is 2.36. The number of hydrogen-bond donors (Lipinski definition) is 2. The summed E-state index contributed by atoms with van der Waals surface area (Å²) >= 11 is 1.29. The second-order valence-electron chi connectivity index (χ2n) is 11.4. The van der Waals surface area contributed by atoms with Crippen molar-refractivity contribution in [2.45, 2.75) is 70.1 Å². The number of aromatic nitrogens is 2. The average Bonchev–Trinajstić information content (AvgIpc) is 3.71. The van der Waals surface area contributed by atoms with Crippen molar-refractivity contribution in [2.75, 3.05) is 51.7 Å². The van der Waals surface area contributed by atoms with E-state index in [-0.39, 0.29) is 23.3 Å². The van der Waals surface area contributed by atoms with Gasteiger partial charge in [0.05, 0.1) is 24.5 Å². The molecule has 1 fully saturated rings. The Balaban J connectivity index is 1.43. The quantitative estimate of drug-likeness (QED) is 0.210. The number of likely N-dealkylation sites (N-methyl/N-ethyl adjacent to an activating group) is 1. The molecule has 0 radical (unpaired) electrons. The third-order valence-corrected chi connectivity index (χ3v) is 10.8. The first-order valence-corrected chi connectivity index (χ1v) is 18.2. The summed E-state index contributed by atoms with van der Waals surface area (Å²) in [6.07, 6.45) is 5.95. The van der Waals surface area contributed by atoms with Gasteiger partial charge in [0.1, 0.15) is 10.3 Å². The maximum atomic E-state index is 13.6. The van der Waals surface area contributed by atoms with E-state index in [2.05, 4.69) is 20.0 Å². The molecule has 2 heterocycles. The van der Waals surface area contributed by atoms with Gasteiger partial charge in [-0.15, -0.1) is 0 Å². The van der Waals surface area contributed by atoms with Gasteiger partial charge in [-0.25, -0.2) is 23.1 Å². The number of nitrogens with one attached hydrogen (secondary N) is 2. The molecule has 0 aliphatic heterocycles. The summed E-state index contributed by atoms with van der Waals surface area (Å²) in [6, 6.07) is 10.1. The van der Waals surface area contributed by atoms with Gasteiger partial charge in [-0.3, -0.25) is 14.5 Å². The second kappa shape index (κ2) is 16.4. The number of sulfonamides is 1. The third-order valence-electron chi connectivity index (χ3n) is 8.40. The van der Waals surface area contributed by atoms with Crippen LogP contribution in [0.15, 0.2) is 41.3 Å². The number of fused-ring (bicyclic) bond motifs is 1. The topological polar surface area (TPSA) is 134 Å². The smallest absolute Gasteiger partial charge is 0.240 e. The first-order chi connectivity index (χ1) is 21.7. The molecular weight excluding hydrogens is 613 g/mol. The van der Waals surface area contributed by atoms with Crippen LogP contribution in [0.3, 0.4) is 0 Å². The maximum absolute atomic E-state index is 13.6. The number of thiazole rings is 1. The number of amides is 2. The van der Waals surface area contributed by atoms with Gasteiger partial charge in [-0.2, -0.15) is 0 Å². The number of methoxy groups -OCH3 is 1. The number of benzene rings is 1. The van der Waals surface area contributed by atoms with Crippen LogP contribution < -0.4 is 14.8 Å². The predicted molar refractivity (Wildman–Crippen MR) is 178 cm³/mol. The summed E-state index contributed by atoms with van der Waals surface area (Å²) in [4.78, 5) is 39.9. The number of carbonyl (C=O) groups excluding carboxylic acids is 2. The number of carbonyl (C=O) groups is 2. The van der Waals surface area contributed by atoms with Crippen LogP contribution >= 0.6 is 11.3 Å². The summed E-state index contributed by atoms with van der Waals surface area (Å²) < 4.78 is 34.2. The summed E-state index contributed by atoms with van der Waals surface area (Å²) in [5.74, 6) is 0.286. The molecule has 13 heteroatoms. The lowest BCUT2D eigenvalue weighted by atomic mass is 9.87. The maximum Gasteiger partial charge on any atom is 0.240 e. The Bertz CT molecular complexity index is 1520. The van der Waals surface area contributed by atoms with Gasteiger partial charge in [0.25, 0.3) is 0 Å². The van der Waals surface area contributed by atoms with E-state index in [1.54, 1.807) is 42.3 Å². The zero-order valence-electron chi connectivity index (χ0n) is 26.8. The van der Waals surface area contributed by atoms with Crippen LogP contribution in [-0.2, 0) is 19.6 Å². The molecule has 246 valence electrons. The van der Waals surface area contributed by atoms with E-state index in [0.29, 0.717) is 53.3 Å². The van der Waals surface area contributed by atoms with Gasteiger partial charge in [-0.1, -0.05) is 69.9 Å². The van der Waals surface area contributed by atoms with Crippen molar-refractivity contribution >= 4 is 48.7 Å². The van der Waals surface area contributed by atoms with Gasteiger partial charge >= 0.3 is 0 Å². The molecule has 1 aromatic carbocycles. The summed E-state index contributed by atoms with van der Waals surface area (Å²) in [5, 5.41) is 3.45. The highest BCUT2D eigenvalue weighted by Gasteiger charge is 2.28. The number of hydrogen-bond acceptors (Lipinski definition) is 9. The highest BCUT2D eigenvalue weighted by molar-refractivity contribution is 7.89. The van der Waals surface area contributed by atoms with E-state index < -0.39 is 15.9 Å². The van der Waals surface area contributed by atoms with E-state index in [4.69, 9.17) is 4.74 Å². The van der Waals surface area contributed by atoms with Crippen molar-refractivity contribution < 1.29 is 22.7 Å². The molecule has 11 nitrogen and oxygen atoms in total. The fraction of sp³-hybridized carbons (Fsp3) is 0.562. The fourth-order valence-corrected chi connectivity index (χ4v) is 7.63. The van der Waals surface area contributed by atoms with Crippen LogP contribution in [0.5, 0.6) is 5.88 Å². The number of ether oxygens (including phenoxy) is 1. The van der Waals surface area contributed by atoms with Gasteiger partial charge < -0.3 is 15.0 Å². The first-order valence-electron chi connectivity index (χ1n) is 15.9. The van der Waals surface area contributed by atoms with Crippen molar-refractivity contribution in [3.05, 3.63) is 42.0 Å². The minimum Gasteiger partial charge on any atom is -0.481 e. The monoisotopic (exact) mass is 658 g/mol. The molecule has 2 aromatic heterocycles. The molecule has 2 N–H and O–H groups in total. The molecule has 4 rings (SSSR count). The molecule has 1 aliphatic rings. The lowest BCUT2D eigenvalue weighted by Crippen LogP contribution is -2.44. The number of rotatable bonds is 17. The molecule has 2 amide bonds. The third kappa shape index (κ3) is 9.44. The average molecular weight is 659 g/mol. The molecule has 0 spiro atoms. The molecule has 0 bridgehead atoms. The van der Waals surface area contributed by atoms with E-state index in [1.165, 1.54) is 11.3 Å². The van der Waals surface area contributed by atoms with Gasteiger partial charge in [0.15, 0.2) is 5.13 Å². The Morgan fingerprint density at radius 1 is 1.02 bits per heavy atom. The Kier molecular flexibility index (Phi) is 12.7. The molecule has 1 atom stereocenters. The number of nitrogens with zero attached hydrogens (tertiary/aromatic N) is 4. The normalized spacial score (nSPS) is 14.6. The lowest BCUT2D eigenvalue weighted by molar-refractivity contribution is -0.132. The summed E-state index contributed by atoms with van der Waals surface area (Å²) in [5.41, 5.74) is 1.44. The van der Waals surface area contributed by atoms with Crippen molar-refractivity contribution in [3.63, 3.8) is 0 Å². The Morgan fingerprint density at radius 2 is 1.73 bits per heavy atom. The minimum atomic E-state index is -3.81. The summed E-state index contributed by atoms with van der Waals surface area (Å²) in [6.45, 7) is 8.89. The lowest BCUT2D eigenvalue weighted by Gasteiger charge is -2.26. The van der Waals surface area contributed by atoms with Crippen LogP contribution in [0, 0.1) is 5.92 Å². The molecular formula is C32H46N6O5S2. The standard InChI is InChI=1S/C32H46N6O5S2/c1-5-19-38(29(39)22-37(6-2)7-3)20-18-33-45(41,42)25-14-12-24(13-15-25)26(21-23-10-8-9-11-23)30(40)36-32-34-27-16-17-28(43-4)35-31(27)44-32/h12-17,23,26,33H,5-11,18-22H2,1-4H3,(H,34,36,40). The van der Waals surface area contributed by atoms with E-state index in [9.17, 15) is 18.0 Å². The Hall–Kier alpha value is -3.13. The van der Waals surface area contributed by atoms with Gasteiger partial charge in [0, 0.05) is 25.7 Å². The van der Waals surface area contributed by atoms with Crippen molar-refractivity contribution in [3.8, 4) is 5.88 Å². The van der Waals surface area contributed by atoms with E-state index in [1.807, 2.05) is 31.7 Å².